The smallest absolute Gasteiger partial charge is 0.270 e. The van der Waals surface area contributed by atoms with Gasteiger partial charge in [-0.05, 0) is 48.4 Å². The third-order valence-corrected chi connectivity index (χ3v) is 6.19. The third-order valence-electron chi connectivity index (χ3n) is 4.98. The lowest BCUT2D eigenvalue weighted by Gasteiger charge is -2.25. The normalized spacial score (nSPS) is 15.6. The van der Waals surface area contributed by atoms with E-state index in [0.717, 1.165) is 11.1 Å². The van der Waals surface area contributed by atoms with Gasteiger partial charge in [-0.3, -0.25) is 24.6 Å². The highest BCUT2D eigenvalue weighted by Gasteiger charge is 2.35. The highest BCUT2D eigenvalue weighted by Crippen LogP contribution is 2.43. The van der Waals surface area contributed by atoms with Crippen LogP contribution in [0.15, 0.2) is 66.7 Å². The number of carbonyl (C=O) groups is 2. The van der Waals surface area contributed by atoms with Crippen LogP contribution in [0.5, 0.6) is 0 Å². The molecule has 2 amide bonds. The summed E-state index contributed by atoms with van der Waals surface area (Å²) in [6.07, 6.45) is 0. The van der Waals surface area contributed by atoms with Crippen LogP contribution in [0, 0.1) is 22.9 Å². The minimum absolute atomic E-state index is 0.151. The summed E-state index contributed by atoms with van der Waals surface area (Å²) in [4.78, 5) is 37.0. The minimum atomic E-state index is -0.565. The predicted molar refractivity (Wildman–Crippen MR) is 121 cm³/mol. The van der Waals surface area contributed by atoms with E-state index in [2.05, 4.69) is 5.32 Å². The van der Waals surface area contributed by atoms with Crippen molar-refractivity contribution in [2.75, 3.05) is 16.0 Å². The first-order chi connectivity index (χ1) is 15.3. The molecule has 3 aromatic carbocycles. The van der Waals surface area contributed by atoms with Gasteiger partial charge in [0.05, 0.1) is 16.4 Å². The molecular formula is C23H18FN3O4S. The first-order valence-electron chi connectivity index (χ1n) is 9.69. The summed E-state index contributed by atoms with van der Waals surface area (Å²) in [5.74, 6) is -0.966. The lowest BCUT2D eigenvalue weighted by atomic mass is 10.1. The number of amides is 2. The van der Waals surface area contributed by atoms with Gasteiger partial charge < -0.3 is 5.32 Å². The number of rotatable bonds is 5. The predicted octanol–water partition coefficient (Wildman–Crippen LogP) is 5.07. The van der Waals surface area contributed by atoms with E-state index in [1.54, 1.807) is 36.4 Å². The summed E-state index contributed by atoms with van der Waals surface area (Å²) in [6, 6.07) is 17.0. The molecule has 0 aromatic heterocycles. The molecular weight excluding hydrogens is 433 g/mol. The van der Waals surface area contributed by atoms with Gasteiger partial charge >= 0.3 is 0 Å². The molecule has 0 radical (unpaired) electrons. The van der Waals surface area contributed by atoms with Crippen molar-refractivity contribution in [3.05, 3.63) is 99.4 Å². The minimum Gasteiger partial charge on any atom is -0.322 e. The van der Waals surface area contributed by atoms with Gasteiger partial charge in [-0.15, -0.1) is 11.8 Å². The van der Waals surface area contributed by atoms with Gasteiger partial charge in [-0.25, -0.2) is 4.39 Å². The molecule has 7 nitrogen and oxygen atoms in total. The van der Waals surface area contributed by atoms with E-state index >= 15 is 0 Å². The number of halogens is 1. The highest BCUT2D eigenvalue weighted by atomic mass is 32.2. The van der Waals surface area contributed by atoms with Gasteiger partial charge in [0.15, 0.2) is 0 Å². The van der Waals surface area contributed by atoms with Gasteiger partial charge in [-0.1, -0.05) is 24.3 Å². The van der Waals surface area contributed by atoms with E-state index in [1.165, 1.54) is 47.0 Å². The Kier molecular flexibility index (Phi) is 5.91. The number of thioether (sulfide) groups is 1. The van der Waals surface area contributed by atoms with Crippen LogP contribution < -0.4 is 10.2 Å². The molecule has 9 heteroatoms. The molecule has 4 rings (SSSR count). The maximum Gasteiger partial charge on any atom is 0.270 e. The fourth-order valence-electron chi connectivity index (χ4n) is 3.47. The summed E-state index contributed by atoms with van der Waals surface area (Å²) in [5, 5.41) is 13.2. The second-order valence-corrected chi connectivity index (χ2v) is 8.34. The third kappa shape index (κ3) is 4.33. The summed E-state index contributed by atoms with van der Waals surface area (Å²) in [5.41, 5.74) is 2.21. The van der Waals surface area contributed by atoms with E-state index in [-0.39, 0.29) is 28.6 Å². The monoisotopic (exact) mass is 451 g/mol. The SMILES string of the molecule is Cc1ccc(F)c(N2C(=O)CS[C@@H]2c2cccc(NC(=O)c3cccc([N+](=O)[O-])c3)c2)c1. The Balaban J connectivity index is 1.60. The van der Waals surface area contributed by atoms with Crippen LogP contribution in [-0.4, -0.2) is 22.5 Å². The van der Waals surface area contributed by atoms with E-state index in [1.807, 2.05) is 6.92 Å². The van der Waals surface area contributed by atoms with Gasteiger partial charge in [0.25, 0.3) is 11.6 Å². The van der Waals surface area contributed by atoms with Crippen molar-refractivity contribution < 1.29 is 18.9 Å². The molecule has 1 aliphatic heterocycles. The number of carbonyl (C=O) groups excluding carboxylic acids is 2. The number of hydrogen-bond donors (Lipinski definition) is 1. The maximum atomic E-state index is 14.5. The molecule has 1 saturated heterocycles. The van der Waals surface area contributed by atoms with E-state index in [9.17, 15) is 24.1 Å². The Morgan fingerprint density at radius 1 is 1.16 bits per heavy atom. The van der Waals surface area contributed by atoms with Crippen molar-refractivity contribution in [1.29, 1.82) is 0 Å². The maximum absolute atomic E-state index is 14.5. The zero-order valence-corrected chi connectivity index (χ0v) is 17.8. The second kappa shape index (κ2) is 8.80. The van der Waals surface area contributed by atoms with Crippen LogP contribution in [0.1, 0.15) is 26.9 Å². The highest BCUT2D eigenvalue weighted by molar-refractivity contribution is 8.00. The first kappa shape index (κ1) is 21.5. The summed E-state index contributed by atoms with van der Waals surface area (Å²) in [6.45, 7) is 1.83. The van der Waals surface area contributed by atoms with Crippen LogP contribution in [0.25, 0.3) is 0 Å². The number of nitro groups is 1. The molecule has 1 N–H and O–H groups in total. The summed E-state index contributed by atoms with van der Waals surface area (Å²) < 4.78 is 14.5. The van der Waals surface area contributed by atoms with E-state index in [0.29, 0.717) is 5.69 Å². The van der Waals surface area contributed by atoms with Gasteiger partial charge in [0.2, 0.25) is 5.91 Å². The topological polar surface area (TPSA) is 92.6 Å². The van der Waals surface area contributed by atoms with Crippen LogP contribution in [0.3, 0.4) is 0 Å². The molecule has 0 unspecified atom stereocenters. The number of nitro benzene ring substituents is 1. The number of anilines is 2. The van der Waals surface area contributed by atoms with Crippen LogP contribution in [-0.2, 0) is 4.79 Å². The Hall–Kier alpha value is -3.72. The lowest BCUT2D eigenvalue weighted by molar-refractivity contribution is -0.384. The molecule has 0 aliphatic carbocycles. The summed E-state index contributed by atoms with van der Waals surface area (Å²) in [7, 11) is 0. The van der Waals surface area contributed by atoms with Crippen molar-refractivity contribution in [3.63, 3.8) is 0 Å². The zero-order chi connectivity index (χ0) is 22.8. The number of nitrogens with zero attached hydrogens (tertiary/aromatic N) is 2. The Labute approximate surface area is 187 Å². The van der Waals surface area contributed by atoms with Crippen molar-refractivity contribution in [3.8, 4) is 0 Å². The Bertz CT molecular complexity index is 1230. The van der Waals surface area contributed by atoms with Crippen molar-refractivity contribution >= 4 is 40.6 Å². The fourth-order valence-corrected chi connectivity index (χ4v) is 4.63. The van der Waals surface area contributed by atoms with Crippen molar-refractivity contribution in [2.24, 2.45) is 0 Å². The first-order valence-corrected chi connectivity index (χ1v) is 10.7. The molecule has 1 heterocycles. The fraction of sp³-hybridized carbons (Fsp3) is 0.130. The standard InChI is InChI=1S/C23H18FN3O4S/c1-14-8-9-19(24)20(10-14)26-21(28)13-32-23(26)16-5-2-6-17(11-16)25-22(29)15-4-3-7-18(12-15)27(30)31/h2-12,23H,13H2,1H3,(H,25,29)/t23-/m1/s1. The van der Waals surface area contributed by atoms with Crippen LogP contribution >= 0.6 is 11.8 Å². The molecule has 0 saturated carbocycles. The molecule has 3 aromatic rings. The number of nitrogens with one attached hydrogen (secondary N) is 1. The average molecular weight is 451 g/mol. The van der Waals surface area contributed by atoms with Gasteiger partial charge in [0, 0.05) is 23.4 Å². The molecule has 0 spiro atoms. The molecule has 1 fully saturated rings. The van der Waals surface area contributed by atoms with Gasteiger partial charge in [0.1, 0.15) is 11.2 Å². The number of non-ortho nitro benzene ring substituents is 1. The van der Waals surface area contributed by atoms with Crippen molar-refractivity contribution in [1.82, 2.24) is 0 Å². The van der Waals surface area contributed by atoms with E-state index in [4.69, 9.17) is 0 Å². The number of aryl methyl sites for hydroxylation is 1. The Morgan fingerprint density at radius 2 is 1.94 bits per heavy atom. The molecule has 1 aliphatic rings. The lowest BCUT2D eigenvalue weighted by Crippen LogP contribution is -2.28. The molecule has 162 valence electrons. The number of benzene rings is 3. The zero-order valence-electron chi connectivity index (χ0n) is 16.9. The molecule has 0 bridgehead atoms. The van der Waals surface area contributed by atoms with Crippen LogP contribution in [0.2, 0.25) is 0 Å². The van der Waals surface area contributed by atoms with Crippen molar-refractivity contribution in [2.45, 2.75) is 12.3 Å². The average Bonchev–Trinajstić information content (AvgIpc) is 3.17. The number of hydrogen-bond acceptors (Lipinski definition) is 5. The quantitative estimate of drug-likeness (QED) is 0.432. The largest absolute Gasteiger partial charge is 0.322 e. The van der Waals surface area contributed by atoms with Gasteiger partial charge in [-0.2, -0.15) is 0 Å². The second-order valence-electron chi connectivity index (χ2n) is 7.27. The van der Waals surface area contributed by atoms with E-state index < -0.39 is 22.0 Å². The molecule has 1 atom stereocenters. The molecule has 32 heavy (non-hydrogen) atoms. The Morgan fingerprint density at radius 3 is 2.72 bits per heavy atom. The van der Waals surface area contributed by atoms with Crippen LogP contribution in [0.4, 0.5) is 21.5 Å². The summed E-state index contributed by atoms with van der Waals surface area (Å²) >= 11 is 1.37.